The first kappa shape index (κ1) is 13.4. The van der Waals surface area contributed by atoms with E-state index < -0.39 is 0 Å². The number of rotatable bonds is 3. The van der Waals surface area contributed by atoms with Crippen LogP contribution in [-0.4, -0.2) is 42.0 Å². The Kier molecular flexibility index (Phi) is 4.25. The summed E-state index contributed by atoms with van der Waals surface area (Å²) in [6.07, 6.45) is 0. The molecule has 2 rings (SSSR count). The molecule has 0 radical (unpaired) electrons. The van der Waals surface area contributed by atoms with Crippen LogP contribution in [0.1, 0.15) is 25.0 Å². The van der Waals surface area contributed by atoms with Gasteiger partial charge in [-0.3, -0.25) is 9.80 Å². The number of anilines is 1. The van der Waals surface area contributed by atoms with E-state index in [1.165, 1.54) is 17.7 Å². The summed E-state index contributed by atoms with van der Waals surface area (Å²) in [5.41, 5.74) is 9.38. The molecule has 0 aromatic heterocycles. The van der Waals surface area contributed by atoms with E-state index in [1.807, 2.05) is 0 Å². The van der Waals surface area contributed by atoms with Crippen molar-refractivity contribution in [3.8, 4) is 0 Å². The summed E-state index contributed by atoms with van der Waals surface area (Å²) in [6, 6.07) is 7.09. The highest BCUT2D eigenvalue weighted by atomic mass is 15.3. The lowest BCUT2D eigenvalue weighted by Crippen LogP contribution is -2.51. The second-order valence-corrected chi connectivity index (χ2v) is 5.40. The van der Waals surface area contributed by atoms with E-state index in [4.69, 9.17) is 5.73 Å². The Labute approximate surface area is 111 Å². The number of benzene rings is 1. The van der Waals surface area contributed by atoms with Crippen LogP contribution in [0.5, 0.6) is 0 Å². The SMILES string of the molecule is CCN1CCN(Cc2ccc(C)c(N)c2)CC1C. The van der Waals surface area contributed by atoms with Gasteiger partial charge < -0.3 is 5.73 Å². The van der Waals surface area contributed by atoms with Crippen LogP contribution in [0.4, 0.5) is 5.69 Å². The van der Waals surface area contributed by atoms with E-state index in [9.17, 15) is 0 Å². The minimum Gasteiger partial charge on any atom is -0.399 e. The average Bonchev–Trinajstić information content (AvgIpc) is 2.34. The number of piperazine rings is 1. The van der Waals surface area contributed by atoms with Crippen LogP contribution in [0.3, 0.4) is 0 Å². The average molecular weight is 247 g/mol. The van der Waals surface area contributed by atoms with Crippen molar-refractivity contribution in [2.45, 2.75) is 33.4 Å². The van der Waals surface area contributed by atoms with Crippen LogP contribution in [0, 0.1) is 6.92 Å². The molecule has 1 aliphatic heterocycles. The molecular formula is C15H25N3. The molecule has 18 heavy (non-hydrogen) atoms. The molecule has 0 amide bonds. The molecule has 3 nitrogen and oxygen atoms in total. The zero-order chi connectivity index (χ0) is 13.1. The van der Waals surface area contributed by atoms with E-state index in [0.29, 0.717) is 6.04 Å². The Hall–Kier alpha value is -1.06. The van der Waals surface area contributed by atoms with Crippen molar-refractivity contribution in [3.05, 3.63) is 29.3 Å². The molecule has 0 aliphatic carbocycles. The molecule has 1 aromatic rings. The van der Waals surface area contributed by atoms with Crippen molar-refractivity contribution >= 4 is 5.69 Å². The molecule has 1 aliphatic rings. The van der Waals surface area contributed by atoms with Gasteiger partial charge in [0, 0.05) is 37.9 Å². The summed E-state index contributed by atoms with van der Waals surface area (Å²) in [7, 11) is 0. The van der Waals surface area contributed by atoms with E-state index in [1.54, 1.807) is 0 Å². The summed E-state index contributed by atoms with van der Waals surface area (Å²) in [5.74, 6) is 0. The molecule has 1 unspecified atom stereocenters. The number of hydrogen-bond acceptors (Lipinski definition) is 3. The summed E-state index contributed by atoms with van der Waals surface area (Å²) in [5, 5.41) is 0. The highest BCUT2D eigenvalue weighted by Crippen LogP contribution is 2.17. The number of aryl methyl sites for hydroxylation is 1. The van der Waals surface area contributed by atoms with Crippen LogP contribution >= 0.6 is 0 Å². The van der Waals surface area contributed by atoms with E-state index in [-0.39, 0.29) is 0 Å². The highest BCUT2D eigenvalue weighted by molar-refractivity contribution is 5.48. The zero-order valence-electron chi connectivity index (χ0n) is 11.8. The molecular weight excluding hydrogens is 222 g/mol. The highest BCUT2D eigenvalue weighted by Gasteiger charge is 2.22. The van der Waals surface area contributed by atoms with E-state index >= 15 is 0 Å². The molecule has 2 N–H and O–H groups in total. The number of nitrogens with two attached hydrogens (primary N) is 1. The molecule has 1 aromatic carbocycles. The van der Waals surface area contributed by atoms with Gasteiger partial charge in [0.25, 0.3) is 0 Å². The van der Waals surface area contributed by atoms with Gasteiger partial charge in [0.1, 0.15) is 0 Å². The van der Waals surface area contributed by atoms with Gasteiger partial charge in [-0.05, 0) is 37.6 Å². The molecule has 1 heterocycles. The lowest BCUT2D eigenvalue weighted by molar-refractivity contribution is 0.0834. The van der Waals surface area contributed by atoms with Crippen LogP contribution in [0.15, 0.2) is 18.2 Å². The van der Waals surface area contributed by atoms with E-state index in [2.05, 4.69) is 48.8 Å². The normalized spacial score (nSPS) is 22.3. The third kappa shape index (κ3) is 3.03. The maximum Gasteiger partial charge on any atom is 0.0346 e. The topological polar surface area (TPSA) is 32.5 Å². The lowest BCUT2D eigenvalue weighted by atomic mass is 10.1. The van der Waals surface area contributed by atoms with Gasteiger partial charge in [0.05, 0.1) is 0 Å². The van der Waals surface area contributed by atoms with Gasteiger partial charge >= 0.3 is 0 Å². The van der Waals surface area contributed by atoms with Crippen LogP contribution < -0.4 is 5.73 Å². The van der Waals surface area contributed by atoms with Gasteiger partial charge in [-0.2, -0.15) is 0 Å². The second-order valence-electron chi connectivity index (χ2n) is 5.40. The standard InChI is InChI=1S/C15H25N3/c1-4-18-8-7-17(10-13(18)3)11-14-6-5-12(2)15(16)9-14/h5-6,9,13H,4,7-8,10-11,16H2,1-3H3. The summed E-state index contributed by atoms with van der Waals surface area (Å²) in [6.45, 7) is 12.3. The minimum atomic E-state index is 0.659. The van der Waals surface area contributed by atoms with Gasteiger partial charge in [-0.25, -0.2) is 0 Å². The van der Waals surface area contributed by atoms with Gasteiger partial charge in [0.15, 0.2) is 0 Å². The zero-order valence-corrected chi connectivity index (χ0v) is 11.8. The first-order valence-corrected chi connectivity index (χ1v) is 6.91. The van der Waals surface area contributed by atoms with Gasteiger partial charge in [0.2, 0.25) is 0 Å². The first-order chi connectivity index (χ1) is 8.60. The van der Waals surface area contributed by atoms with Crippen molar-refractivity contribution in [1.82, 2.24) is 9.80 Å². The quantitative estimate of drug-likeness (QED) is 0.830. The number of likely N-dealkylation sites (N-methyl/N-ethyl adjacent to an activating group) is 1. The van der Waals surface area contributed by atoms with Crippen LogP contribution in [0.25, 0.3) is 0 Å². The third-order valence-corrected chi connectivity index (χ3v) is 4.01. The van der Waals surface area contributed by atoms with Crippen molar-refractivity contribution in [3.63, 3.8) is 0 Å². The Morgan fingerprint density at radius 2 is 2.11 bits per heavy atom. The molecule has 1 saturated heterocycles. The molecule has 1 atom stereocenters. The fraction of sp³-hybridized carbons (Fsp3) is 0.600. The Bertz CT molecular complexity index is 403. The van der Waals surface area contributed by atoms with Crippen LogP contribution in [0.2, 0.25) is 0 Å². The Morgan fingerprint density at radius 3 is 2.72 bits per heavy atom. The maximum absolute atomic E-state index is 5.97. The number of nitrogen functional groups attached to an aromatic ring is 1. The molecule has 0 spiro atoms. The van der Waals surface area contributed by atoms with Gasteiger partial charge in [-0.15, -0.1) is 0 Å². The monoisotopic (exact) mass is 247 g/mol. The second kappa shape index (κ2) is 5.72. The fourth-order valence-electron chi connectivity index (χ4n) is 2.73. The summed E-state index contributed by atoms with van der Waals surface area (Å²) >= 11 is 0. The minimum absolute atomic E-state index is 0.659. The van der Waals surface area contributed by atoms with Crippen LogP contribution in [-0.2, 0) is 6.54 Å². The van der Waals surface area contributed by atoms with Crippen molar-refractivity contribution in [1.29, 1.82) is 0 Å². The molecule has 100 valence electrons. The van der Waals surface area contributed by atoms with Crippen molar-refractivity contribution in [2.24, 2.45) is 0 Å². The largest absolute Gasteiger partial charge is 0.399 e. The predicted octanol–water partition coefficient (Wildman–Crippen LogP) is 2.10. The first-order valence-electron chi connectivity index (χ1n) is 6.91. The number of nitrogens with zero attached hydrogens (tertiary/aromatic N) is 2. The fourth-order valence-corrected chi connectivity index (χ4v) is 2.73. The predicted molar refractivity (Wildman–Crippen MR) is 77.6 cm³/mol. The summed E-state index contributed by atoms with van der Waals surface area (Å²) < 4.78 is 0. The number of hydrogen-bond donors (Lipinski definition) is 1. The lowest BCUT2D eigenvalue weighted by Gasteiger charge is -2.39. The maximum atomic E-state index is 5.97. The molecule has 1 fully saturated rings. The molecule has 3 heteroatoms. The van der Waals surface area contributed by atoms with Crippen molar-refractivity contribution in [2.75, 3.05) is 31.9 Å². The van der Waals surface area contributed by atoms with Gasteiger partial charge in [-0.1, -0.05) is 19.1 Å². The smallest absolute Gasteiger partial charge is 0.0346 e. The Balaban J connectivity index is 1.96. The molecule has 0 bridgehead atoms. The molecule has 0 saturated carbocycles. The third-order valence-electron chi connectivity index (χ3n) is 4.01. The Morgan fingerprint density at radius 1 is 1.33 bits per heavy atom. The van der Waals surface area contributed by atoms with Crippen molar-refractivity contribution < 1.29 is 0 Å². The summed E-state index contributed by atoms with van der Waals surface area (Å²) in [4.78, 5) is 5.07. The van der Waals surface area contributed by atoms with E-state index in [0.717, 1.165) is 31.9 Å².